The van der Waals surface area contributed by atoms with E-state index in [1.165, 1.54) is 0 Å². The molecule has 5 heteroatoms. The smallest absolute Gasteiger partial charge is 0.101 e. The van der Waals surface area contributed by atoms with Gasteiger partial charge in [0.2, 0.25) is 0 Å². The number of nitriles is 3. The van der Waals surface area contributed by atoms with E-state index < -0.39 is 0 Å². The molecule has 0 spiro atoms. The summed E-state index contributed by atoms with van der Waals surface area (Å²) in [6.45, 7) is 0. The van der Waals surface area contributed by atoms with Gasteiger partial charge in [-0.15, -0.1) is 0 Å². The van der Waals surface area contributed by atoms with E-state index in [9.17, 15) is 15.8 Å². The lowest BCUT2D eigenvalue weighted by atomic mass is 9.94. The molecule has 9 rings (SSSR count). The first-order valence-electron chi connectivity index (χ1n) is 16.3. The molecule has 0 aliphatic heterocycles. The van der Waals surface area contributed by atoms with Gasteiger partial charge in [-0.3, -0.25) is 0 Å². The monoisotopic (exact) mass is 635 g/mol. The molecule has 230 valence electrons. The normalized spacial score (nSPS) is 11.1. The molecular formula is C45H25N5. The summed E-state index contributed by atoms with van der Waals surface area (Å²) in [5.74, 6) is 0. The van der Waals surface area contributed by atoms with Crippen LogP contribution in [-0.4, -0.2) is 9.13 Å². The van der Waals surface area contributed by atoms with Crippen LogP contribution in [0.3, 0.4) is 0 Å². The maximum Gasteiger partial charge on any atom is 0.101 e. The van der Waals surface area contributed by atoms with Gasteiger partial charge in [-0.2, -0.15) is 15.8 Å². The predicted molar refractivity (Wildman–Crippen MR) is 200 cm³/mol. The molecular weight excluding hydrogens is 611 g/mol. The van der Waals surface area contributed by atoms with E-state index in [-0.39, 0.29) is 0 Å². The van der Waals surface area contributed by atoms with Crippen LogP contribution in [0.4, 0.5) is 0 Å². The second-order valence-electron chi connectivity index (χ2n) is 12.3. The fourth-order valence-electron chi connectivity index (χ4n) is 7.42. The molecule has 0 amide bonds. The van der Waals surface area contributed by atoms with Crippen LogP contribution in [0, 0.1) is 34.0 Å². The average molecular weight is 636 g/mol. The van der Waals surface area contributed by atoms with Gasteiger partial charge in [0.1, 0.15) is 6.07 Å². The minimum atomic E-state index is 0.427. The quantitative estimate of drug-likeness (QED) is 0.193. The summed E-state index contributed by atoms with van der Waals surface area (Å²) >= 11 is 0. The summed E-state index contributed by atoms with van der Waals surface area (Å²) in [6, 6.07) is 57.9. The Labute approximate surface area is 287 Å². The van der Waals surface area contributed by atoms with Crippen molar-refractivity contribution >= 4 is 43.6 Å². The molecule has 0 aliphatic carbocycles. The van der Waals surface area contributed by atoms with Crippen LogP contribution in [0.1, 0.15) is 16.7 Å². The molecule has 0 atom stereocenters. The summed E-state index contributed by atoms with van der Waals surface area (Å²) in [5.41, 5.74) is 10.9. The maximum absolute atomic E-state index is 10.5. The van der Waals surface area contributed by atoms with Crippen LogP contribution in [0.5, 0.6) is 0 Å². The molecule has 2 heterocycles. The van der Waals surface area contributed by atoms with Crippen molar-refractivity contribution in [1.82, 2.24) is 9.13 Å². The van der Waals surface area contributed by atoms with Crippen LogP contribution < -0.4 is 0 Å². The summed E-state index contributed by atoms with van der Waals surface area (Å²) in [4.78, 5) is 0. The molecule has 0 saturated heterocycles. The topological polar surface area (TPSA) is 81.2 Å². The molecule has 0 bridgehead atoms. The van der Waals surface area contributed by atoms with Crippen LogP contribution in [0.25, 0.3) is 77.2 Å². The zero-order valence-corrected chi connectivity index (χ0v) is 26.7. The Morgan fingerprint density at radius 2 is 0.940 bits per heavy atom. The Hall–Kier alpha value is -7.39. The van der Waals surface area contributed by atoms with Crippen molar-refractivity contribution in [3.05, 3.63) is 168 Å². The third-order valence-corrected chi connectivity index (χ3v) is 9.58. The fraction of sp³-hybridized carbons (Fsp3) is 0. The first-order chi connectivity index (χ1) is 24.7. The number of hydrogen-bond acceptors (Lipinski definition) is 3. The highest BCUT2D eigenvalue weighted by Crippen LogP contribution is 2.40. The molecule has 0 N–H and O–H groups in total. The lowest BCUT2D eigenvalue weighted by Crippen LogP contribution is -2.02. The van der Waals surface area contributed by atoms with Crippen molar-refractivity contribution in [2.75, 3.05) is 0 Å². The van der Waals surface area contributed by atoms with Crippen molar-refractivity contribution in [3.63, 3.8) is 0 Å². The van der Waals surface area contributed by atoms with Crippen molar-refractivity contribution in [1.29, 1.82) is 15.8 Å². The van der Waals surface area contributed by atoms with E-state index in [0.29, 0.717) is 16.7 Å². The van der Waals surface area contributed by atoms with Gasteiger partial charge in [-0.05, 0) is 77.4 Å². The molecule has 0 radical (unpaired) electrons. The van der Waals surface area contributed by atoms with Crippen LogP contribution in [-0.2, 0) is 0 Å². The minimum Gasteiger partial charge on any atom is -0.309 e. The van der Waals surface area contributed by atoms with Crippen LogP contribution in [0.2, 0.25) is 0 Å². The fourth-order valence-corrected chi connectivity index (χ4v) is 7.42. The average Bonchev–Trinajstić information content (AvgIpc) is 3.70. The highest BCUT2D eigenvalue weighted by molar-refractivity contribution is 6.11. The number of fused-ring (bicyclic) bond motifs is 6. The molecule has 0 unspecified atom stereocenters. The largest absolute Gasteiger partial charge is 0.309 e. The van der Waals surface area contributed by atoms with Gasteiger partial charge in [0.25, 0.3) is 0 Å². The minimum absolute atomic E-state index is 0.427. The van der Waals surface area contributed by atoms with Crippen LogP contribution >= 0.6 is 0 Å². The molecule has 0 fully saturated rings. The first-order valence-corrected chi connectivity index (χ1v) is 16.3. The van der Waals surface area contributed by atoms with E-state index in [2.05, 4.69) is 100 Å². The Kier molecular flexibility index (Phi) is 6.56. The first kappa shape index (κ1) is 28.8. The van der Waals surface area contributed by atoms with Gasteiger partial charge in [0.15, 0.2) is 0 Å². The van der Waals surface area contributed by atoms with Crippen LogP contribution in [0.15, 0.2) is 152 Å². The number of rotatable bonds is 4. The van der Waals surface area contributed by atoms with Gasteiger partial charge >= 0.3 is 0 Å². The van der Waals surface area contributed by atoms with Gasteiger partial charge in [0.05, 0.1) is 56.6 Å². The Bertz CT molecular complexity index is 2920. The van der Waals surface area contributed by atoms with E-state index in [1.807, 2.05) is 72.8 Å². The second-order valence-corrected chi connectivity index (χ2v) is 12.3. The summed E-state index contributed by atoms with van der Waals surface area (Å²) < 4.78 is 4.37. The van der Waals surface area contributed by atoms with E-state index in [0.717, 1.165) is 77.2 Å². The van der Waals surface area contributed by atoms with Gasteiger partial charge in [0, 0.05) is 32.8 Å². The van der Waals surface area contributed by atoms with Gasteiger partial charge in [-0.25, -0.2) is 0 Å². The number of para-hydroxylation sites is 3. The third-order valence-electron chi connectivity index (χ3n) is 9.58. The standard InChI is InChI=1S/C45H25N5/c46-26-29-19-20-39-38-15-1-4-16-41(38)49(44(39)23-29)35-12-8-10-32(25-35)31-9-7-11-33(24-31)40-22-30(27-47)21-34(28-48)45(40)50-42-17-5-2-13-36(42)37-14-3-6-18-43(37)50/h1-25H. The van der Waals surface area contributed by atoms with Gasteiger partial charge < -0.3 is 9.13 Å². The maximum atomic E-state index is 10.5. The van der Waals surface area contributed by atoms with Crippen molar-refractivity contribution in [3.8, 4) is 51.8 Å². The summed E-state index contributed by atoms with van der Waals surface area (Å²) in [7, 11) is 0. The van der Waals surface area contributed by atoms with Crippen molar-refractivity contribution < 1.29 is 0 Å². The number of aromatic nitrogens is 2. The molecule has 0 aliphatic rings. The Morgan fingerprint density at radius 1 is 0.380 bits per heavy atom. The summed E-state index contributed by atoms with van der Waals surface area (Å²) in [6.07, 6.45) is 0. The molecule has 7 aromatic carbocycles. The van der Waals surface area contributed by atoms with Crippen molar-refractivity contribution in [2.24, 2.45) is 0 Å². The highest BCUT2D eigenvalue weighted by atomic mass is 15.0. The van der Waals surface area contributed by atoms with E-state index in [4.69, 9.17) is 0 Å². The van der Waals surface area contributed by atoms with Gasteiger partial charge in [-0.1, -0.05) is 91.0 Å². The summed E-state index contributed by atoms with van der Waals surface area (Å²) in [5, 5.41) is 34.7. The predicted octanol–water partition coefficient (Wildman–Crippen LogP) is 10.8. The zero-order chi connectivity index (χ0) is 33.8. The number of nitrogens with zero attached hydrogens (tertiary/aromatic N) is 5. The lowest BCUT2D eigenvalue weighted by Gasteiger charge is -2.17. The number of benzene rings is 7. The highest BCUT2D eigenvalue weighted by Gasteiger charge is 2.21. The Balaban J connectivity index is 1.26. The molecule has 9 aromatic rings. The van der Waals surface area contributed by atoms with E-state index >= 15 is 0 Å². The molecule has 50 heavy (non-hydrogen) atoms. The second kappa shape index (κ2) is 11.4. The zero-order valence-electron chi connectivity index (χ0n) is 26.7. The van der Waals surface area contributed by atoms with E-state index in [1.54, 1.807) is 6.07 Å². The molecule has 2 aromatic heterocycles. The SMILES string of the molecule is N#Cc1cc(C#N)c(-n2c3ccccc3c3ccccc32)c(-c2cccc(-c3cccc(-n4c5ccccc5c5ccc(C#N)cc54)c3)c2)c1. The molecule has 5 nitrogen and oxygen atoms in total. The molecule has 0 saturated carbocycles. The lowest BCUT2D eigenvalue weighted by molar-refractivity contribution is 1.17. The Morgan fingerprint density at radius 3 is 1.58 bits per heavy atom. The number of hydrogen-bond donors (Lipinski definition) is 0. The third kappa shape index (κ3) is 4.38. The van der Waals surface area contributed by atoms with Crippen molar-refractivity contribution in [2.45, 2.75) is 0 Å².